The second kappa shape index (κ2) is 6.42. The summed E-state index contributed by atoms with van der Waals surface area (Å²) in [5.41, 5.74) is 1.39. The highest BCUT2D eigenvalue weighted by Crippen LogP contribution is 2.33. The molecule has 3 aromatic rings. The van der Waals surface area contributed by atoms with Crippen LogP contribution in [0.4, 0.5) is 0 Å². The molecule has 0 unspecified atom stereocenters. The summed E-state index contributed by atoms with van der Waals surface area (Å²) in [5.74, 6) is 0.00839. The number of rotatable bonds is 3. The lowest BCUT2D eigenvalue weighted by molar-refractivity contribution is -0.0244. The van der Waals surface area contributed by atoms with Gasteiger partial charge >= 0.3 is 0 Å². The standard InChI is InChI=1S/C18H18N4O2S/c23-17(13-9-15(25-12-13)14-10-20-21-11-14)22-7-4-18(24,5-8-22)16-3-1-2-6-19-16/h1-3,6,9-12,24H,4-5,7-8H2,(H,20,21). The molecular formula is C18H18N4O2S. The first-order valence-corrected chi connectivity index (χ1v) is 9.04. The molecule has 6 nitrogen and oxygen atoms in total. The van der Waals surface area contributed by atoms with Gasteiger partial charge in [0.15, 0.2) is 0 Å². The Balaban J connectivity index is 1.45. The van der Waals surface area contributed by atoms with E-state index in [2.05, 4.69) is 15.2 Å². The maximum Gasteiger partial charge on any atom is 0.254 e. The van der Waals surface area contributed by atoms with Gasteiger partial charge in [-0.1, -0.05) is 6.07 Å². The second-order valence-electron chi connectivity index (χ2n) is 6.23. The molecule has 25 heavy (non-hydrogen) atoms. The smallest absolute Gasteiger partial charge is 0.254 e. The van der Waals surface area contributed by atoms with Crippen molar-refractivity contribution in [3.05, 3.63) is 59.5 Å². The number of hydrogen-bond acceptors (Lipinski definition) is 5. The molecule has 0 aliphatic carbocycles. The second-order valence-corrected chi connectivity index (χ2v) is 7.14. The number of likely N-dealkylation sites (tertiary alicyclic amines) is 1. The third-order valence-electron chi connectivity index (χ3n) is 4.65. The molecule has 2 N–H and O–H groups in total. The summed E-state index contributed by atoms with van der Waals surface area (Å²) in [6, 6.07) is 7.45. The van der Waals surface area contributed by atoms with Crippen LogP contribution in [0, 0.1) is 0 Å². The highest BCUT2D eigenvalue weighted by molar-refractivity contribution is 7.13. The van der Waals surface area contributed by atoms with Crippen molar-refractivity contribution < 1.29 is 9.90 Å². The zero-order chi connectivity index (χ0) is 17.3. The average molecular weight is 354 g/mol. The van der Waals surface area contributed by atoms with E-state index in [1.807, 2.05) is 35.8 Å². The van der Waals surface area contributed by atoms with Gasteiger partial charge in [-0.15, -0.1) is 11.3 Å². The minimum absolute atomic E-state index is 0.00839. The molecule has 7 heteroatoms. The molecule has 1 fully saturated rings. The fraction of sp³-hybridized carbons (Fsp3) is 0.278. The van der Waals surface area contributed by atoms with Gasteiger partial charge in [-0.25, -0.2) is 0 Å². The molecule has 0 aromatic carbocycles. The molecule has 1 saturated heterocycles. The Kier molecular flexibility index (Phi) is 4.10. The van der Waals surface area contributed by atoms with Gasteiger partial charge in [-0.3, -0.25) is 14.9 Å². The minimum Gasteiger partial charge on any atom is -0.383 e. The van der Waals surface area contributed by atoms with Crippen LogP contribution in [0.2, 0.25) is 0 Å². The number of aliphatic hydroxyl groups is 1. The van der Waals surface area contributed by atoms with Crippen molar-refractivity contribution in [1.82, 2.24) is 20.1 Å². The molecule has 128 valence electrons. The Morgan fingerprint density at radius 3 is 2.84 bits per heavy atom. The number of carbonyl (C=O) groups is 1. The normalized spacial score (nSPS) is 16.8. The molecule has 1 amide bonds. The number of thiophene rings is 1. The Hall–Kier alpha value is -2.51. The summed E-state index contributed by atoms with van der Waals surface area (Å²) in [5, 5.41) is 19.4. The molecule has 4 rings (SSSR count). The van der Waals surface area contributed by atoms with Gasteiger partial charge in [-0.2, -0.15) is 5.10 Å². The number of pyridine rings is 1. The van der Waals surface area contributed by atoms with Crippen LogP contribution in [-0.4, -0.2) is 44.2 Å². The number of carbonyl (C=O) groups excluding carboxylic acids is 1. The van der Waals surface area contributed by atoms with E-state index >= 15 is 0 Å². The number of nitrogens with zero attached hydrogens (tertiary/aromatic N) is 3. The van der Waals surface area contributed by atoms with E-state index in [0.29, 0.717) is 37.2 Å². The van der Waals surface area contributed by atoms with Crippen LogP contribution in [0.5, 0.6) is 0 Å². The van der Waals surface area contributed by atoms with Crippen LogP contribution < -0.4 is 0 Å². The monoisotopic (exact) mass is 354 g/mol. The quantitative estimate of drug-likeness (QED) is 0.758. The van der Waals surface area contributed by atoms with E-state index in [4.69, 9.17) is 0 Å². The summed E-state index contributed by atoms with van der Waals surface area (Å²) >= 11 is 1.53. The first kappa shape index (κ1) is 16.0. The maximum absolute atomic E-state index is 12.7. The van der Waals surface area contributed by atoms with E-state index in [0.717, 1.165) is 10.4 Å². The van der Waals surface area contributed by atoms with Crippen LogP contribution in [0.25, 0.3) is 10.4 Å². The van der Waals surface area contributed by atoms with Gasteiger partial charge in [0.1, 0.15) is 5.60 Å². The first-order chi connectivity index (χ1) is 12.2. The average Bonchev–Trinajstić information content (AvgIpc) is 3.34. The van der Waals surface area contributed by atoms with Crippen LogP contribution in [-0.2, 0) is 5.60 Å². The molecule has 4 heterocycles. The Morgan fingerprint density at radius 1 is 1.32 bits per heavy atom. The predicted molar refractivity (Wildman–Crippen MR) is 95.2 cm³/mol. The van der Waals surface area contributed by atoms with E-state index in [-0.39, 0.29) is 5.91 Å². The van der Waals surface area contributed by atoms with Gasteiger partial charge in [0.2, 0.25) is 0 Å². The van der Waals surface area contributed by atoms with Crippen molar-refractivity contribution in [2.75, 3.05) is 13.1 Å². The van der Waals surface area contributed by atoms with Gasteiger partial charge in [0.05, 0.1) is 17.5 Å². The molecule has 1 aliphatic rings. The summed E-state index contributed by atoms with van der Waals surface area (Å²) in [6.07, 6.45) is 6.23. The number of nitrogens with one attached hydrogen (secondary N) is 1. The molecule has 0 bridgehead atoms. The summed E-state index contributed by atoms with van der Waals surface area (Å²) in [6.45, 7) is 1.03. The predicted octanol–water partition coefficient (Wildman–Crippen LogP) is 2.66. The molecule has 0 spiro atoms. The number of H-pyrrole nitrogens is 1. The number of hydrogen-bond donors (Lipinski definition) is 2. The van der Waals surface area contributed by atoms with Crippen molar-refractivity contribution >= 4 is 17.2 Å². The van der Waals surface area contributed by atoms with Crippen molar-refractivity contribution in [2.24, 2.45) is 0 Å². The fourth-order valence-electron chi connectivity index (χ4n) is 3.14. The molecule has 0 saturated carbocycles. The van der Waals surface area contributed by atoms with Gasteiger partial charge in [-0.05, 0) is 31.0 Å². The zero-order valence-corrected chi connectivity index (χ0v) is 14.4. The summed E-state index contributed by atoms with van der Waals surface area (Å²) in [4.78, 5) is 19.8. The highest BCUT2D eigenvalue weighted by atomic mass is 32.1. The van der Waals surface area contributed by atoms with E-state index in [1.165, 1.54) is 11.3 Å². The van der Waals surface area contributed by atoms with Crippen LogP contribution in [0.1, 0.15) is 28.9 Å². The Bertz CT molecular complexity index is 852. The number of aromatic amines is 1. The van der Waals surface area contributed by atoms with Crippen molar-refractivity contribution in [3.63, 3.8) is 0 Å². The van der Waals surface area contributed by atoms with Gasteiger partial charge in [0.25, 0.3) is 5.91 Å². The minimum atomic E-state index is -0.950. The Morgan fingerprint density at radius 2 is 2.16 bits per heavy atom. The highest BCUT2D eigenvalue weighted by Gasteiger charge is 2.36. The Labute approximate surface area is 149 Å². The molecule has 0 atom stereocenters. The van der Waals surface area contributed by atoms with Crippen LogP contribution in [0.3, 0.4) is 0 Å². The summed E-state index contributed by atoms with van der Waals surface area (Å²) in [7, 11) is 0. The third-order valence-corrected chi connectivity index (χ3v) is 5.63. The molecule has 0 radical (unpaired) electrons. The maximum atomic E-state index is 12.7. The first-order valence-electron chi connectivity index (χ1n) is 8.17. The number of aromatic nitrogens is 3. The molecular weight excluding hydrogens is 336 g/mol. The van der Waals surface area contributed by atoms with Crippen molar-refractivity contribution in [1.29, 1.82) is 0 Å². The number of piperidine rings is 1. The molecule has 3 aromatic heterocycles. The van der Waals surface area contributed by atoms with Gasteiger partial charge in [0, 0.05) is 41.3 Å². The molecule has 1 aliphatic heterocycles. The number of amides is 1. The van der Waals surface area contributed by atoms with E-state index in [1.54, 1.807) is 17.3 Å². The lowest BCUT2D eigenvalue weighted by atomic mass is 9.87. The largest absolute Gasteiger partial charge is 0.383 e. The lowest BCUT2D eigenvalue weighted by Crippen LogP contribution is -2.45. The summed E-state index contributed by atoms with van der Waals surface area (Å²) < 4.78 is 0. The third kappa shape index (κ3) is 3.08. The van der Waals surface area contributed by atoms with Crippen molar-refractivity contribution in [3.8, 4) is 10.4 Å². The van der Waals surface area contributed by atoms with Crippen molar-refractivity contribution in [2.45, 2.75) is 18.4 Å². The van der Waals surface area contributed by atoms with Crippen LogP contribution in [0.15, 0.2) is 48.2 Å². The van der Waals surface area contributed by atoms with Gasteiger partial charge < -0.3 is 10.0 Å². The fourth-order valence-corrected chi connectivity index (χ4v) is 4.01. The van der Waals surface area contributed by atoms with E-state index < -0.39 is 5.60 Å². The van der Waals surface area contributed by atoms with E-state index in [9.17, 15) is 9.90 Å². The zero-order valence-electron chi connectivity index (χ0n) is 13.6. The topological polar surface area (TPSA) is 82.1 Å². The van der Waals surface area contributed by atoms with Crippen LogP contribution >= 0.6 is 11.3 Å². The SMILES string of the molecule is O=C(c1csc(-c2cn[nH]c2)c1)N1CCC(O)(c2ccccn2)CC1. The lowest BCUT2D eigenvalue weighted by Gasteiger charge is -2.37.